The molecule has 3 rings (SSSR count). The Morgan fingerprint density at radius 3 is 2.67 bits per heavy atom. The highest BCUT2D eigenvalue weighted by atomic mass is 32.2. The first-order valence-corrected chi connectivity index (χ1v) is 6.48. The number of rotatable bonds is 1. The van der Waals surface area contributed by atoms with Crippen molar-refractivity contribution >= 4 is 26.5 Å². The summed E-state index contributed by atoms with van der Waals surface area (Å²) >= 11 is 0. The SMILES string of the molecule is NC(=O)C1=NS(=O)(=O)C2=c3ccccc3=NC2=C1. The van der Waals surface area contributed by atoms with E-state index in [9.17, 15) is 13.2 Å². The lowest BCUT2D eigenvalue weighted by Crippen LogP contribution is -2.28. The molecule has 0 spiro atoms. The zero-order chi connectivity index (χ0) is 12.9. The molecule has 2 aliphatic rings. The van der Waals surface area contributed by atoms with Crippen LogP contribution < -0.4 is 16.3 Å². The Labute approximate surface area is 102 Å². The molecule has 1 amide bonds. The van der Waals surface area contributed by atoms with Crippen molar-refractivity contribution < 1.29 is 13.2 Å². The molecule has 0 unspecified atom stereocenters. The fourth-order valence-corrected chi connectivity index (χ4v) is 3.21. The normalized spacial score (nSPS) is 19.2. The van der Waals surface area contributed by atoms with Gasteiger partial charge in [-0.2, -0.15) is 12.8 Å². The van der Waals surface area contributed by atoms with E-state index < -0.39 is 15.9 Å². The molecule has 1 aromatic carbocycles. The number of sulfonamides is 1. The summed E-state index contributed by atoms with van der Waals surface area (Å²) in [6.45, 7) is 0. The van der Waals surface area contributed by atoms with Crippen LogP contribution in [0, 0.1) is 0 Å². The van der Waals surface area contributed by atoms with E-state index in [-0.39, 0.29) is 16.3 Å². The average molecular weight is 261 g/mol. The number of hydrogen-bond acceptors (Lipinski definition) is 4. The first kappa shape index (κ1) is 10.8. The van der Waals surface area contributed by atoms with Crippen LogP contribution >= 0.6 is 0 Å². The van der Waals surface area contributed by atoms with Crippen LogP contribution in [0.2, 0.25) is 0 Å². The van der Waals surface area contributed by atoms with Gasteiger partial charge in [-0.3, -0.25) is 4.79 Å². The predicted octanol–water partition coefficient (Wildman–Crippen LogP) is -1.42. The molecule has 0 radical (unpaired) electrons. The van der Waals surface area contributed by atoms with E-state index in [0.29, 0.717) is 10.6 Å². The van der Waals surface area contributed by atoms with E-state index in [2.05, 4.69) is 9.39 Å². The summed E-state index contributed by atoms with van der Waals surface area (Å²) in [4.78, 5) is 15.2. The molecule has 7 heteroatoms. The zero-order valence-corrected chi connectivity index (χ0v) is 9.81. The molecule has 0 saturated carbocycles. The van der Waals surface area contributed by atoms with E-state index in [0.717, 1.165) is 0 Å². The lowest BCUT2D eigenvalue weighted by molar-refractivity contribution is -0.111. The fraction of sp³-hybridized carbons (Fsp3) is 0. The van der Waals surface area contributed by atoms with Crippen LogP contribution in [0.15, 0.2) is 45.4 Å². The lowest BCUT2D eigenvalue weighted by Gasteiger charge is -2.08. The zero-order valence-electron chi connectivity index (χ0n) is 8.99. The molecular formula is C11H7N3O3S. The van der Waals surface area contributed by atoms with Crippen molar-refractivity contribution in [1.29, 1.82) is 0 Å². The van der Waals surface area contributed by atoms with E-state index in [1.807, 2.05) is 0 Å². The third-order valence-corrected chi connectivity index (χ3v) is 4.01. The van der Waals surface area contributed by atoms with Crippen molar-refractivity contribution in [2.75, 3.05) is 0 Å². The minimum atomic E-state index is -3.93. The summed E-state index contributed by atoms with van der Waals surface area (Å²) in [7, 11) is -3.93. The number of para-hydroxylation sites is 1. The van der Waals surface area contributed by atoms with Gasteiger partial charge in [0, 0.05) is 5.22 Å². The molecule has 1 aromatic rings. The quantitative estimate of drug-likeness (QED) is 0.671. The number of benzene rings is 1. The largest absolute Gasteiger partial charge is 0.364 e. The van der Waals surface area contributed by atoms with Crippen molar-refractivity contribution in [3.63, 3.8) is 0 Å². The Kier molecular flexibility index (Phi) is 2.02. The minimum Gasteiger partial charge on any atom is -0.364 e. The number of nitrogens with zero attached hydrogens (tertiary/aromatic N) is 2. The second-order valence-corrected chi connectivity index (χ2v) is 5.34. The van der Waals surface area contributed by atoms with Crippen LogP contribution in [0.5, 0.6) is 0 Å². The van der Waals surface area contributed by atoms with E-state index in [1.165, 1.54) is 6.08 Å². The number of fused-ring (bicyclic) bond motifs is 2. The van der Waals surface area contributed by atoms with Gasteiger partial charge in [-0.15, -0.1) is 0 Å². The van der Waals surface area contributed by atoms with Crippen LogP contribution in [0.25, 0.3) is 4.91 Å². The van der Waals surface area contributed by atoms with Crippen LogP contribution in [0.3, 0.4) is 0 Å². The molecular weight excluding hydrogens is 254 g/mol. The maximum atomic E-state index is 12.0. The molecule has 18 heavy (non-hydrogen) atoms. The predicted molar refractivity (Wildman–Crippen MR) is 64.3 cm³/mol. The van der Waals surface area contributed by atoms with Crippen molar-refractivity contribution in [3.05, 3.63) is 46.6 Å². The van der Waals surface area contributed by atoms with Gasteiger partial charge in [0.2, 0.25) is 0 Å². The molecule has 0 saturated heterocycles. The molecule has 0 bridgehead atoms. The summed E-state index contributed by atoms with van der Waals surface area (Å²) in [5.41, 5.74) is 4.95. The summed E-state index contributed by atoms with van der Waals surface area (Å²) in [6, 6.07) is 6.81. The summed E-state index contributed by atoms with van der Waals surface area (Å²) in [6.07, 6.45) is 1.29. The van der Waals surface area contributed by atoms with E-state index in [4.69, 9.17) is 5.73 Å². The van der Waals surface area contributed by atoms with Crippen LogP contribution in [0.1, 0.15) is 0 Å². The van der Waals surface area contributed by atoms with Crippen LogP contribution in [0.4, 0.5) is 0 Å². The molecule has 6 nitrogen and oxygen atoms in total. The van der Waals surface area contributed by atoms with Gasteiger partial charge in [0.05, 0.1) is 11.1 Å². The Morgan fingerprint density at radius 2 is 1.94 bits per heavy atom. The van der Waals surface area contributed by atoms with E-state index in [1.54, 1.807) is 24.3 Å². The fourth-order valence-electron chi connectivity index (χ4n) is 1.90. The van der Waals surface area contributed by atoms with E-state index >= 15 is 0 Å². The number of carbonyl (C=O) groups excluding carboxylic acids is 1. The highest BCUT2D eigenvalue weighted by Gasteiger charge is 2.31. The average Bonchev–Trinajstić information content (AvgIpc) is 2.66. The standard InChI is InChI=1S/C11H7N3O3S/c12-11(15)9-5-8-10(18(16,17)14-9)6-3-1-2-4-7(6)13-8/h1-5H,(H2,12,15). The third-order valence-electron chi connectivity index (χ3n) is 2.62. The molecule has 0 aromatic heterocycles. The maximum absolute atomic E-state index is 12.0. The van der Waals surface area contributed by atoms with Crippen molar-refractivity contribution in [3.8, 4) is 0 Å². The van der Waals surface area contributed by atoms with Crippen LogP contribution in [-0.4, -0.2) is 20.0 Å². The number of nitrogens with two attached hydrogens (primary N) is 1. The first-order chi connectivity index (χ1) is 8.49. The summed E-state index contributed by atoms with van der Waals surface area (Å²) in [5, 5.41) is 1.04. The molecule has 0 fully saturated rings. The molecule has 90 valence electrons. The Balaban J connectivity index is 2.44. The monoisotopic (exact) mass is 261 g/mol. The Hall–Kier alpha value is -2.28. The number of amides is 1. The maximum Gasteiger partial charge on any atom is 0.285 e. The molecule has 0 aliphatic carbocycles. The molecule has 0 atom stereocenters. The topological polar surface area (TPSA) is 102 Å². The van der Waals surface area contributed by atoms with Crippen molar-refractivity contribution in [2.45, 2.75) is 0 Å². The number of hydrogen-bond donors (Lipinski definition) is 1. The smallest absolute Gasteiger partial charge is 0.285 e. The molecule has 2 heterocycles. The van der Waals surface area contributed by atoms with Gasteiger partial charge in [-0.25, -0.2) is 4.99 Å². The van der Waals surface area contributed by atoms with Gasteiger partial charge in [0.1, 0.15) is 10.6 Å². The Morgan fingerprint density at radius 1 is 1.22 bits per heavy atom. The van der Waals surface area contributed by atoms with Crippen molar-refractivity contribution in [2.24, 2.45) is 15.1 Å². The first-order valence-electron chi connectivity index (χ1n) is 5.04. The van der Waals surface area contributed by atoms with Gasteiger partial charge < -0.3 is 5.73 Å². The summed E-state index contributed by atoms with van der Waals surface area (Å²) in [5.74, 6) is -0.892. The summed E-state index contributed by atoms with van der Waals surface area (Å²) < 4.78 is 27.4. The second-order valence-electron chi connectivity index (χ2n) is 3.80. The minimum absolute atomic E-state index is 0.0306. The lowest BCUT2D eigenvalue weighted by atomic mass is 10.2. The number of primary amides is 1. The molecule has 2 aliphatic heterocycles. The Bertz CT molecular complexity index is 863. The van der Waals surface area contributed by atoms with Gasteiger partial charge in [-0.1, -0.05) is 18.2 Å². The highest BCUT2D eigenvalue weighted by Crippen LogP contribution is 2.26. The highest BCUT2D eigenvalue weighted by molar-refractivity contribution is 7.99. The number of carbonyl (C=O) groups is 1. The van der Waals surface area contributed by atoms with Gasteiger partial charge >= 0.3 is 0 Å². The molecule has 2 N–H and O–H groups in total. The third kappa shape index (κ3) is 1.41. The van der Waals surface area contributed by atoms with Crippen molar-refractivity contribution in [1.82, 2.24) is 0 Å². The second kappa shape index (κ2) is 3.36. The van der Waals surface area contributed by atoms with Gasteiger partial charge in [0.15, 0.2) is 0 Å². The van der Waals surface area contributed by atoms with Gasteiger partial charge in [0.25, 0.3) is 15.9 Å². The van der Waals surface area contributed by atoms with Crippen LogP contribution in [-0.2, 0) is 14.8 Å². The van der Waals surface area contributed by atoms with Gasteiger partial charge in [-0.05, 0) is 12.1 Å².